The second-order valence-electron chi connectivity index (χ2n) is 4.80. The quantitative estimate of drug-likeness (QED) is 0.851. The van der Waals surface area contributed by atoms with Crippen molar-refractivity contribution in [3.63, 3.8) is 0 Å². The van der Waals surface area contributed by atoms with Gasteiger partial charge in [0.05, 0.1) is 17.0 Å². The molecule has 1 aliphatic heterocycles. The predicted octanol–water partition coefficient (Wildman–Crippen LogP) is 1.86. The van der Waals surface area contributed by atoms with Gasteiger partial charge in [-0.3, -0.25) is 0 Å². The van der Waals surface area contributed by atoms with Crippen LogP contribution in [0.4, 0.5) is 0 Å². The monoisotopic (exact) mass is 335 g/mol. The molecule has 1 fully saturated rings. The van der Waals surface area contributed by atoms with E-state index >= 15 is 0 Å². The molecule has 0 saturated carbocycles. The fourth-order valence-electron chi connectivity index (χ4n) is 2.35. The van der Waals surface area contributed by atoms with Crippen LogP contribution in [0.1, 0.15) is 12.0 Å². The van der Waals surface area contributed by atoms with Crippen LogP contribution in [0.3, 0.4) is 0 Å². The molecule has 1 aliphatic rings. The third-order valence-corrected chi connectivity index (χ3v) is 5.99. The minimum absolute atomic E-state index is 0.0485. The lowest BCUT2D eigenvalue weighted by Gasteiger charge is -2.17. The molecule has 114 valence electrons. The first kappa shape index (κ1) is 15.0. The average molecular weight is 335 g/mol. The molecule has 22 heavy (non-hydrogen) atoms. The van der Waals surface area contributed by atoms with E-state index in [1.54, 1.807) is 18.3 Å². The number of rotatable bonds is 4. The van der Waals surface area contributed by atoms with Crippen molar-refractivity contribution in [2.75, 3.05) is 13.1 Å². The molecule has 1 aromatic carbocycles. The maximum atomic E-state index is 12.7. The number of benzene rings is 1. The third kappa shape index (κ3) is 2.83. The van der Waals surface area contributed by atoms with Crippen LogP contribution in [0.25, 0.3) is 0 Å². The summed E-state index contributed by atoms with van der Waals surface area (Å²) in [6.45, 7) is 0.639. The lowest BCUT2D eigenvalue weighted by molar-refractivity contribution is 0.214. The van der Waals surface area contributed by atoms with Gasteiger partial charge in [-0.2, -0.15) is 9.57 Å². The van der Waals surface area contributed by atoms with Crippen LogP contribution in [0, 0.1) is 11.3 Å². The van der Waals surface area contributed by atoms with Crippen LogP contribution >= 0.6 is 11.3 Å². The summed E-state index contributed by atoms with van der Waals surface area (Å²) in [6.07, 6.45) is 2.04. The molecule has 0 aliphatic carbocycles. The summed E-state index contributed by atoms with van der Waals surface area (Å²) in [6, 6.07) is 8.16. The van der Waals surface area contributed by atoms with E-state index in [2.05, 4.69) is 4.98 Å². The molecule has 1 saturated heterocycles. The van der Waals surface area contributed by atoms with E-state index in [0.29, 0.717) is 18.2 Å². The van der Waals surface area contributed by atoms with Crippen molar-refractivity contribution in [3.8, 4) is 11.3 Å². The largest absolute Gasteiger partial charge is 0.465 e. The van der Waals surface area contributed by atoms with Crippen LogP contribution < -0.4 is 4.74 Å². The van der Waals surface area contributed by atoms with Crippen molar-refractivity contribution in [1.82, 2.24) is 9.29 Å². The molecule has 2 aromatic rings. The minimum atomic E-state index is -3.68. The molecule has 1 unspecified atom stereocenters. The van der Waals surface area contributed by atoms with Gasteiger partial charge >= 0.3 is 0 Å². The highest BCUT2D eigenvalue weighted by Gasteiger charge is 2.35. The van der Waals surface area contributed by atoms with Crippen molar-refractivity contribution in [1.29, 1.82) is 5.26 Å². The van der Waals surface area contributed by atoms with E-state index < -0.39 is 10.0 Å². The second kappa shape index (κ2) is 6.04. The number of hydrogen-bond donors (Lipinski definition) is 0. The first-order chi connectivity index (χ1) is 10.6. The Morgan fingerprint density at radius 3 is 2.95 bits per heavy atom. The summed E-state index contributed by atoms with van der Waals surface area (Å²) in [4.78, 5) is 4.09. The fourth-order valence-corrected chi connectivity index (χ4v) is 4.53. The highest BCUT2D eigenvalue weighted by atomic mass is 32.2. The molecule has 0 spiro atoms. The van der Waals surface area contributed by atoms with Crippen molar-refractivity contribution < 1.29 is 13.2 Å². The van der Waals surface area contributed by atoms with Crippen LogP contribution in [-0.2, 0) is 10.0 Å². The van der Waals surface area contributed by atoms with Gasteiger partial charge < -0.3 is 4.74 Å². The number of sulfonamides is 1. The van der Waals surface area contributed by atoms with Crippen molar-refractivity contribution in [2.45, 2.75) is 17.4 Å². The number of nitrogens with zero attached hydrogens (tertiary/aromatic N) is 3. The number of aromatic nitrogens is 1. The van der Waals surface area contributed by atoms with E-state index in [0.717, 1.165) is 0 Å². The molecule has 0 N–H and O–H groups in total. The molecule has 0 bridgehead atoms. The summed E-state index contributed by atoms with van der Waals surface area (Å²) in [5.41, 5.74) is 0.159. The number of hydrogen-bond acceptors (Lipinski definition) is 6. The average Bonchev–Trinajstić information content (AvgIpc) is 3.19. The van der Waals surface area contributed by atoms with Gasteiger partial charge in [-0.15, -0.1) is 0 Å². The molecule has 1 atom stereocenters. The molecular weight excluding hydrogens is 322 g/mol. The lowest BCUT2D eigenvalue weighted by atomic mass is 10.2. The first-order valence-corrected chi connectivity index (χ1v) is 8.98. The first-order valence-electron chi connectivity index (χ1n) is 6.66. The van der Waals surface area contributed by atoms with Gasteiger partial charge in [0.2, 0.25) is 10.0 Å². The Balaban J connectivity index is 1.78. The van der Waals surface area contributed by atoms with Crippen LogP contribution in [0.5, 0.6) is 5.19 Å². The standard InChI is InChI=1S/C14H13N3O3S2/c15-9-11-3-1-2-4-13(11)22(18,19)17-7-5-12(10-17)20-14-16-6-8-21-14/h1-4,6,8,12H,5,7,10H2. The third-order valence-electron chi connectivity index (χ3n) is 3.41. The summed E-state index contributed by atoms with van der Waals surface area (Å²) >= 11 is 1.38. The fraction of sp³-hybridized carbons (Fsp3) is 0.286. The zero-order valence-electron chi connectivity index (χ0n) is 11.5. The molecule has 8 heteroatoms. The van der Waals surface area contributed by atoms with Crippen molar-refractivity contribution >= 4 is 21.4 Å². The van der Waals surface area contributed by atoms with Crippen molar-refractivity contribution in [3.05, 3.63) is 41.4 Å². The maximum absolute atomic E-state index is 12.7. The predicted molar refractivity (Wildman–Crippen MR) is 81.1 cm³/mol. The maximum Gasteiger partial charge on any atom is 0.273 e. The Kier molecular flexibility index (Phi) is 4.11. The van der Waals surface area contributed by atoms with Gasteiger partial charge in [0.15, 0.2) is 0 Å². The van der Waals surface area contributed by atoms with Gasteiger partial charge in [-0.1, -0.05) is 23.5 Å². The molecular formula is C14H13N3O3S2. The van der Waals surface area contributed by atoms with E-state index in [9.17, 15) is 8.42 Å². The van der Waals surface area contributed by atoms with E-state index in [1.807, 2.05) is 11.4 Å². The van der Waals surface area contributed by atoms with Gasteiger partial charge in [0.25, 0.3) is 5.19 Å². The summed E-state index contributed by atoms with van der Waals surface area (Å²) in [5.74, 6) is 0. The number of nitriles is 1. The molecule has 2 heterocycles. The Labute approximate surface area is 132 Å². The Morgan fingerprint density at radius 2 is 2.23 bits per heavy atom. The van der Waals surface area contributed by atoms with Gasteiger partial charge in [0, 0.05) is 18.1 Å². The Bertz CT molecular complexity index is 797. The molecule has 1 aromatic heterocycles. The Morgan fingerprint density at radius 1 is 1.41 bits per heavy atom. The SMILES string of the molecule is N#Cc1ccccc1S(=O)(=O)N1CCC(Oc2nccs2)C1. The van der Waals surface area contributed by atoms with Gasteiger partial charge in [-0.05, 0) is 18.6 Å². The van der Waals surface area contributed by atoms with E-state index in [-0.39, 0.29) is 23.1 Å². The number of ether oxygens (including phenoxy) is 1. The topological polar surface area (TPSA) is 83.3 Å². The number of thiazole rings is 1. The highest BCUT2D eigenvalue weighted by Crippen LogP contribution is 2.26. The smallest absolute Gasteiger partial charge is 0.273 e. The van der Waals surface area contributed by atoms with Crippen molar-refractivity contribution in [2.24, 2.45) is 0 Å². The summed E-state index contributed by atoms with van der Waals surface area (Å²) in [5, 5.41) is 11.4. The van der Waals surface area contributed by atoms with Crippen LogP contribution in [-0.4, -0.2) is 36.9 Å². The molecule has 6 nitrogen and oxygen atoms in total. The Hall–Kier alpha value is -1.95. The lowest BCUT2D eigenvalue weighted by Crippen LogP contribution is -2.31. The van der Waals surface area contributed by atoms with E-state index in [1.165, 1.54) is 27.8 Å². The summed E-state index contributed by atoms with van der Waals surface area (Å²) < 4.78 is 32.4. The van der Waals surface area contributed by atoms with Crippen LogP contribution in [0.15, 0.2) is 40.7 Å². The van der Waals surface area contributed by atoms with Gasteiger partial charge in [-0.25, -0.2) is 13.4 Å². The van der Waals surface area contributed by atoms with Gasteiger partial charge in [0.1, 0.15) is 12.2 Å². The highest BCUT2D eigenvalue weighted by molar-refractivity contribution is 7.89. The van der Waals surface area contributed by atoms with E-state index in [4.69, 9.17) is 10.00 Å². The second-order valence-corrected chi connectivity index (χ2v) is 7.56. The molecule has 0 radical (unpaired) electrons. The zero-order chi connectivity index (χ0) is 15.6. The molecule has 0 amide bonds. The van der Waals surface area contributed by atoms with Crippen LogP contribution in [0.2, 0.25) is 0 Å². The zero-order valence-corrected chi connectivity index (χ0v) is 13.2. The summed E-state index contributed by atoms with van der Waals surface area (Å²) in [7, 11) is -3.68. The molecule has 3 rings (SSSR count). The minimum Gasteiger partial charge on any atom is -0.465 e. The normalized spacial score (nSPS) is 19.0.